The normalized spacial score (nSPS) is 10.5. The van der Waals surface area contributed by atoms with Crippen LogP contribution < -0.4 is 5.32 Å². The van der Waals surface area contributed by atoms with Crippen LogP contribution >= 0.6 is 11.3 Å². The van der Waals surface area contributed by atoms with Gasteiger partial charge in [-0.05, 0) is 26.0 Å². The lowest BCUT2D eigenvalue weighted by Crippen LogP contribution is -2.11. The molecule has 3 aromatic rings. The number of carbonyl (C=O) groups excluding carboxylic acids is 1. The van der Waals surface area contributed by atoms with E-state index in [4.69, 9.17) is 0 Å². The lowest BCUT2D eigenvalue weighted by molar-refractivity contribution is 0.102. The summed E-state index contributed by atoms with van der Waals surface area (Å²) in [5, 5.41) is 3.50. The molecule has 1 N–H and O–H groups in total. The number of aryl methyl sites for hydroxylation is 2. The fraction of sp³-hybridized carbons (Fsp3) is 0.111. The number of carbonyl (C=O) groups is 1. The van der Waals surface area contributed by atoms with E-state index in [1.807, 2.05) is 68.4 Å². The highest BCUT2D eigenvalue weighted by Crippen LogP contribution is 2.30. The molecular weight excluding hydrogens is 292 g/mol. The highest BCUT2D eigenvalue weighted by Gasteiger charge is 2.12. The molecule has 0 atom stereocenters. The zero-order chi connectivity index (χ0) is 15.5. The third kappa shape index (κ3) is 3.07. The van der Waals surface area contributed by atoms with Gasteiger partial charge < -0.3 is 0 Å². The van der Waals surface area contributed by atoms with Gasteiger partial charge in [0.25, 0.3) is 5.91 Å². The first-order chi connectivity index (χ1) is 10.6. The maximum Gasteiger partial charge on any atom is 0.257 e. The minimum absolute atomic E-state index is 0.131. The van der Waals surface area contributed by atoms with Crippen LogP contribution in [0.4, 0.5) is 5.13 Å². The maximum atomic E-state index is 12.2. The Balaban J connectivity index is 1.82. The molecule has 3 nitrogen and oxygen atoms in total. The second-order valence-electron chi connectivity index (χ2n) is 5.11. The van der Waals surface area contributed by atoms with Crippen LogP contribution in [0.25, 0.3) is 11.3 Å². The van der Waals surface area contributed by atoms with Gasteiger partial charge in [0.05, 0.1) is 5.69 Å². The molecule has 4 heteroatoms. The van der Waals surface area contributed by atoms with Gasteiger partial charge in [0.1, 0.15) is 0 Å². The molecular formula is C18H16N2OS. The lowest BCUT2D eigenvalue weighted by Gasteiger charge is -2.02. The maximum absolute atomic E-state index is 12.2. The quantitative estimate of drug-likeness (QED) is 0.763. The van der Waals surface area contributed by atoms with Crippen molar-refractivity contribution < 1.29 is 4.79 Å². The zero-order valence-corrected chi connectivity index (χ0v) is 13.3. The summed E-state index contributed by atoms with van der Waals surface area (Å²) in [5.74, 6) is -0.131. The molecule has 0 saturated heterocycles. The summed E-state index contributed by atoms with van der Waals surface area (Å²) in [5.41, 5.74) is 3.75. The predicted molar refractivity (Wildman–Crippen MR) is 91.4 cm³/mol. The number of hydrogen-bond donors (Lipinski definition) is 1. The van der Waals surface area contributed by atoms with Crippen LogP contribution in [-0.4, -0.2) is 10.9 Å². The van der Waals surface area contributed by atoms with Gasteiger partial charge in [-0.1, -0.05) is 48.0 Å². The number of aromatic nitrogens is 1. The second-order valence-corrected chi connectivity index (χ2v) is 6.31. The van der Waals surface area contributed by atoms with Gasteiger partial charge in [0.2, 0.25) is 0 Å². The number of rotatable bonds is 3. The van der Waals surface area contributed by atoms with Crippen molar-refractivity contribution in [3.63, 3.8) is 0 Å². The van der Waals surface area contributed by atoms with Gasteiger partial charge in [-0.3, -0.25) is 10.1 Å². The van der Waals surface area contributed by atoms with Gasteiger partial charge >= 0.3 is 0 Å². The average Bonchev–Trinajstić information content (AvgIpc) is 2.89. The van der Waals surface area contributed by atoms with E-state index in [1.165, 1.54) is 11.3 Å². The van der Waals surface area contributed by atoms with Crippen molar-refractivity contribution in [1.29, 1.82) is 0 Å². The highest BCUT2D eigenvalue weighted by atomic mass is 32.1. The number of nitrogens with one attached hydrogen (secondary N) is 1. The number of thiazole rings is 1. The molecule has 2 aromatic carbocycles. The molecule has 0 aliphatic carbocycles. The Labute approximate surface area is 133 Å². The van der Waals surface area contributed by atoms with Crippen molar-refractivity contribution in [2.24, 2.45) is 0 Å². The van der Waals surface area contributed by atoms with Crippen LogP contribution in [0.1, 0.15) is 20.8 Å². The number of nitrogens with zero attached hydrogens (tertiary/aromatic N) is 1. The van der Waals surface area contributed by atoms with Crippen molar-refractivity contribution in [2.75, 3.05) is 5.32 Å². The fourth-order valence-electron chi connectivity index (χ4n) is 2.19. The molecule has 3 rings (SSSR count). The molecule has 0 unspecified atom stereocenters. The summed E-state index contributed by atoms with van der Waals surface area (Å²) >= 11 is 1.49. The van der Waals surface area contributed by atoms with E-state index in [1.54, 1.807) is 0 Å². The Hall–Kier alpha value is -2.46. The van der Waals surface area contributed by atoms with Gasteiger partial charge in [-0.25, -0.2) is 4.98 Å². The van der Waals surface area contributed by atoms with Gasteiger partial charge in [-0.2, -0.15) is 0 Å². The smallest absolute Gasteiger partial charge is 0.257 e. The molecule has 0 bridgehead atoms. The molecule has 0 spiro atoms. The van der Waals surface area contributed by atoms with E-state index >= 15 is 0 Å². The molecule has 0 fully saturated rings. The summed E-state index contributed by atoms with van der Waals surface area (Å²) in [4.78, 5) is 17.9. The molecule has 0 aliphatic rings. The lowest BCUT2D eigenvalue weighted by atomic mass is 10.1. The summed E-state index contributed by atoms with van der Waals surface area (Å²) in [6.45, 7) is 4.01. The number of anilines is 1. The Kier molecular flexibility index (Phi) is 4.02. The van der Waals surface area contributed by atoms with Gasteiger partial charge in [0.15, 0.2) is 5.13 Å². The topological polar surface area (TPSA) is 42.0 Å². The molecule has 0 aliphatic heterocycles. The molecule has 110 valence electrons. The molecule has 0 saturated carbocycles. The number of benzene rings is 2. The van der Waals surface area contributed by atoms with E-state index in [-0.39, 0.29) is 5.91 Å². The molecule has 1 amide bonds. The van der Waals surface area contributed by atoms with E-state index in [0.717, 1.165) is 21.7 Å². The fourth-order valence-corrected chi connectivity index (χ4v) is 3.02. The van der Waals surface area contributed by atoms with E-state index in [2.05, 4.69) is 10.3 Å². The predicted octanol–water partition coefficient (Wildman–Crippen LogP) is 4.68. The Bertz CT molecular complexity index is 792. The summed E-state index contributed by atoms with van der Waals surface area (Å²) < 4.78 is 0. The van der Waals surface area contributed by atoms with Crippen molar-refractivity contribution in [1.82, 2.24) is 4.98 Å². The minimum Gasteiger partial charge on any atom is -0.298 e. The van der Waals surface area contributed by atoms with Crippen LogP contribution in [0.3, 0.4) is 0 Å². The summed E-state index contributed by atoms with van der Waals surface area (Å²) in [6.07, 6.45) is 0. The van der Waals surface area contributed by atoms with Crippen LogP contribution in [0, 0.1) is 13.8 Å². The Morgan fingerprint density at radius 1 is 1.00 bits per heavy atom. The van der Waals surface area contributed by atoms with Gasteiger partial charge in [0, 0.05) is 16.0 Å². The molecule has 1 aromatic heterocycles. The van der Waals surface area contributed by atoms with Crippen molar-refractivity contribution in [3.05, 3.63) is 70.6 Å². The Morgan fingerprint density at radius 3 is 2.36 bits per heavy atom. The first-order valence-corrected chi connectivity index (χ1v) is 7.86. The zero-order valence-electron chi connectivity index (χ0n) is 12.5. The van der Waals surface area contributed by atoms with E-state index < -0.39 is 0 Å². The van der Waals surface area contributed by atoms with Crippen LogP contribution in [0.2, 0.25) is 0 Å². The average molecular weight is 308 g/mol. The third-order valence-corrected chi connectivity index (χ3v) is 4.26. The van der Waals surface area contributed by atoms with Crippen LogP contribution in [0.15, 0.2) is 54.6 Å². The standard InChI is InChI=1S/C18H16N2OS/c1-12-8-10-15(11-9-12)17(21)20-18-19-16(13(2)22-18)14-6-4-3-5-7-14/h3-11H,1-2H3,(H,19,20,21). The SMILES string of the molecule is Cc1ccc(C(=O)Nc2nc(-c3ccccc3)c(C)s2)cc1. The minimum atomic E-state index is -0.131. The number of amides is 1. The molecule has 22 heavy (non-hydrogen) atoms. The first kappa shape index (κ1) is 14.5. The van der Waals surface area contributed by atoms with Crippen molar-refractivity contribution in [2.45, 2.75) is 13.8 Å². The van der Waals surface area contributed by atoms with Crippen molar-refractivity contribution in [3.8, 4) is 11.3 Å². The largest absolute Gasteiger partial charge is 0.298 e. The number of hydrogen-bond acceptors (Lipinski definition) is 3. The Morgan fingerprint density at radius 2 is 1.68 bits per heavy atom. The monoisotopic (exact) mass is 308 g/mol. The molecule has 0 radical (unpaired) electrons. The first-order valence-electron chi connectivity index (χ1n) is 7.04. The second kappa shape index (κ2) is 6.12. The van der Waals surface area contributed by atoms with E-state index in [0.29, 0.717) is 10.7 Å². The van der Waals surface area contributed by atoms with Crippen LogP contribution in [-0.2, 0) is 0 Å². The van der Waals surface area contributed by atoms with Crippen molar-refractivity contribution >= 4 is 22.4 Å². The van der Waals surface area contributed by atoms with Crippen LogP contribution in [0.5, 0.6) is 0 Å². The summed E-state index contributed by atoms with van der Waals surface area (Å²) in [7, 11) is 0. The summed E-state index contributed by atoms with van der Waals surface area (Å²) in [6, 6.07) is 17.5. The third-order valence-electron chi connectivity index (χ3n) is 3.38. The van der Waals surface area contributed by atoms with Gasteiger partial charge in [-0.15, -0.1) is 11.3 Å². The van der Waals surface area contributed by atoms with E-state index in [9.17, 15) is 4.79 Å². The molecule has 1 heterocycles. The highest BCUT2D eigenvalue weighted by molar-refractivity contribution is 7.16.